The van der Waals surface area contributed by atoms with Crippen LogP contribution in [0, 0.1) is 13.8 Å². The predicted octanol–water partition coefficient (Wildman–Crippen LogP) is 2.37. The van der Waals surface area contributed by atoms with Crippen LogP contribution < -0.4 is 10.6 Å². The maximum absolute atomic E-state index is 12.2. The number of aryl methyl sites for hydroxylation is 2. The number of amides is 1. The van der Waals surface area contributed by atoms with E-state index in [9.17, 15) is 4.79 Å². The van der Waals surface area contributed by atoms with Crippen molar-refractivity contribution in [3.05, 3.63) is 35.2 Å². The lowest BCUT2D eigenvalue weighted by Gasteiger charge is -2.10. The summed E-state index contributed by atoms with van der Waals surface area (Å²) in [6.45, 7) is 6.38. The third-order valence-corrected chi connectivity index (χ3v) is 2.53. The summed E-state index contributed by atoms with van der Waals surface area (Å²) in [5, 5.41) is 9.36. The van der Waals surface area contributed by atoms with E-state index in [4.69, 9.17) is 4.52 Å². The molecule has 1 aromatic heterocycles. The fourth-order valence-corrected chi connectivity index (χ4v) is 1.71. The van der Waals surface area contributed by atoms with Crippen molar-refractivity contribution in [3.8, 4) is 0 Å². The summed E-state index contributed by atoms with van der Waals surface area (Å²) in [4.78, 5) is 16.1. The molecule has 0 spiro atoms. The lowest BCUT2D eigenvalue weighted by molar-refractivity contribution is 0.102. The second-order valence-corrected chi connectivity index (χ2v) is 4.18. The Kier molecular flexibility index (Phi) is 3.79. The molecule has 2 N–H and O–H groups in total. The number of hydrogen-bond donors (Lipinski definition) is 2. The normalized spacial score (nSPS) is 10.3. The monoisotopic (exact) mass is 260 g/mol. The van der Waals surface area contributed by atoms with E-state index in [0.717, 1.165) is 17.8 Å². The van der Waals surface area contributed by atoms with Crippen LogP contribution in [0.3, 0.4) is 0 Å². The summed E-state index contributed by atoms with van der Waals surface area (Å²) < 4.78 is 4.87. The molecule has 2 rings (SSSR count). The van der Waals surface area contributed by atoms with Crippen molar-refractivity contribution in [2.24, 2.45) is 0 Å². The van der Waals surface area contributed by atoms with Crippen molar-refractivity contribution in [2.45, 2.75) is 20.8 Å². The van der Waals surface area contributed by atoms with Gasteiger partial charge in [-0.25, -0.2) is 0 Å². The largest absolute Gasteiger partial charge is 0.385 e. The van der Waals surface area contributed by atoms with Crippen molar-refractivity contribution in [1.29, 1.82) is 0 Å². The maximum Gasteiger partial charge on any atom is 0.328 e. The van der Waals surface area contributed by atoms with Crippen molar-refractivity contribution >= 4 is 17.6 Å². The van der Waals surface area contributed by atoms with Crippen molar-refractivity contribution in [2.75, 3.05) is 17.2 Å². The fraction of sp³-hybridized carbons (Fsp3) is 0.308. The van der Waals surface area contributed by atoms with E-state index in [1.807, 2.05) is 26.0 Å². The first-order valence-electron chi connectivity index (χ1n) is 6.06. The van der Waals surface area contributed by atoms with Crippen molar-refractivity contribution in [1.82, 2.24) is 10.1 Å². The minimum absolute atomic E-state index is 0.102. The van der Waals surface area contributed by atoms with Crippen LogP contribution in [-0.4, -0.2) is 22.6 Å². The summed E-state index contributed by atoms with van der Waals surface area (Å²) in [5.74, 6) is 0.200. The third kappa shape index (κ3) is 3.09. The molecule has 6 heteroatoms. The Bertz CT molecular complexity index is 592. The van der Waals surface area contributed by atoms with Crippen LogP contribution in [0.5, 0.6) is 0 Å². The highest BCUT2D eigenvalue weighted by Gasteiger charge is 2.14. The molecule has 0 aliphatic rings. The van der Waals surface area contributed by atoms with Gasteiger partial charge in [-0.05, 0) is 38.5 Å². The van der Waals surface area contributed by atoms with Gasteiger partial charge in [0, 0.05) is 12.2 Å². The smallest absolute Gasteiger partial charge is 0.328 e. The minimum Gasteiger partial charge on any atom is -0.385 e. The van der Waals surface area contributed by atoms with E-state index < -0.39 is 0 Å². The van der Waals surface area contributed by atoms with Crippen molar-refractivity contribution in [3.63, 3.8) is 0 Å². The van der Waals surface area contributed by atoms with Gasteiger partial charge in [0.25, 0.3) is 5.91 Å². The topological polar surface area (TPSA) is 80.0 Å². The fourth-order valence-electron chi connectivity index (χ4n) is 1.71. The van der Waals surface area contributed by atoms with Gasteiger partial charge in [-0.1, -0.05) is 11.2 Å². The van der Waals surface area contributed by atoms with Gasteiger partial charge in [-0.15, -0.1) is 0 Å². The molecule has 1 aromatic carbocycles. The zero-order valence-electron chi connectivity index (χ0n) is 11.2. The summed E-state index contributed by atoms with van der Waals surface area (Å²) in [6, 6.07) is 5.68. The molecule has 0 bridgehead atoms. The predicted molar refractivity (Wildman–Crippen MR) is 72.3 cm³/mol. The van der Waals surface area contributed by atoms with E-state index in [2.05, 4.69) is 20.8 Å². The highest BCUT2D eigenvalue weighted by molar-refractivity contribution is 6.07. The molecule has 0 aliphatic heterocycles. The molecule has 1 amide bonds. The number of hydrogen-bond acceptors (Lipinski definition) is 5. The van der Waals surface area contributed by atoms with E-state index in [-0.39, 0.29) is 11.9 Å². The second-order valence-electron chi connectivity index (χ2n) is 4.18. The Morgan fingerprint density at radius 2 is 2.16 bits per heavy atom. The third-order valence-electron chi connectivity index (χ3n) is 2.53. The number of aromatic nitrogens is 2. The quantitative estimate of drug-likeness (QED) is 0.882. The Labute approximate surface area is 111 Å². The van der Waals surface area contributed by atoms with Crippen LogP contribution in [0.25, 0.3) is 0 Å². The Morgan fingerprint density at radius 3 is 2.79 bits per heavy atom. The van der Waals surface area contributed by atoms with Gasteiger partial charge in [0.2, 0.25) is 0 Å². The lowest BCUT2D eigenvalue weighted by atomic mass is 10.1. The van der Waals surface area contributed by atoms with Gasteiger partial charge in [0.1, 0.15) is 0 Å². The Hall–Kier alpha value is -2.37. The molecule has 0 saturated heterocycles. The standard InChI is InChI=1S/C13H16N4O2/c1-4-14-11-7-8(2)5-6-10(11)12(18)16-13-15-9(3)17-19-13/h5-7,14H,4H2,1-3H3,(H,15,16,17,18). The van der Waals surface area contributed by atoms with Gasteiger partial charge < -0.3 is 9.84 Å². The molecule has 0 unspecified atom stereocenters. The van der Waals surface area contributed by atoms with Gasteiger partial charge >= 0.3 is 6.01 Å². The number of rotatable bonds is 4. The SMILES string of the molecule is CCNc1cc(C)ccc1C(=O)Nc1nc(C)no1. The number of carbonyl (C=O) groups is 1. The first kappa shape index (κ1) is 13.1. The van der Waals surface area contributed by atoms with Gasteiger partial charge in [0.15, 0.2) is 5.82 Å². The van der Waals surface area contributed by atoms with Crippen LogP contribution in [0.2, 0.25) is 0 Å². The zero-order valence-corrected chi connectivity index (χ0v) is 11.2. The summed E-state index contributed by atoms with van der Waals surface area (Å²) >= 11 is 0. The zero-order chi connectivity index (χ0) is 13.8. The van der Waals surface area contributed by atoms with E-state index in [1.165, 1.54) is 0 Å². The van der Waals surface area contributed by atoms with E-state index >= 15 is 0 Å². The minimum atomic E-state index is -0.278. The second kappa shape index (κ2) is 5.51. The van der Waals surface area contributed by atoms with Gasteiger partial charge in [-0.3, -0.25) is 10.1 Å². The van der Waals surface area contributed by atoms with Crippen LogP contribution in [0.1, 0.15) is 28.7 Å². The number of benzene rings is 1. The summed E-state index contributed by atoms with van der Waals surface area (Å²) in [6.07, 6.45) is 0. The van der Waals surface area contributed by atoms with Crippen LogP contribution in [-0.2, 0) is 0 Å². The van der Waals surface area contributed by atoms with E-state index in [1.54, 1.807) is 13.0 Å². The molecular weight excluding hydrogens is 244 g/mol. The average molecular weight is 260 g/mol. The van der Waals surface area contributed by atoms with Crippen LogP contribution in [0.4, 0.5) is 11.7 Å². The molecule has 6 nitrogen and oxygen atoms in total. The molecule has 2 aromatic rings. The summed E-state index contributed by atoms with van der Waals surface area (Å²) in [7, 11) is 0. The molecule has 0 aliphatic carbocycles. The summed E-state index contributed by atoms with van der Waals surface area (Å²) in [5.41, 5.74) is 2.42. The van der Waals surface area contributed by atoms with Gasteiger partial charge in [-0.2, -0.15) is 4.98 Å². The molecule has 0 atom stereocenters. The van der Waals surface area contributed by atoms with Crippen molar-refractivity contribution < 1.29 is 9.32 Å². The molecule has 0 saturated carbocycles. The lowest BCUT2D eigenvalue weighted by Crippen LogP contribution is -2.15. The number of anilines is 2. The maximum atomic E-state index is 12.2. The average Bonchev–Trinajstić information content (AvgIpc) is 2.75. The molecule has 19 heavy (non-hydrogen) atoms. The Morgan fingerprint density at radius 1 is 1.37 bits per heavy atom. The highest BCUT2D eigenvalue weighted by atomic mass is 16.5. The molecular formula is C13H16N4O2. The first-order valence-corrected chi connectivity index (χ1v) is 6.06. The molecule has 100 valence electrons. The number of nitrogens with one attached hydrogen (secondary N) is 2. The molecule has 0 fully saturated rings. The molecule has 1 heterocycles. The van der Waals surface area contributed by atoms with Crippen LogP contribution >= 0.6 is 0 Å². The first-order chi connectivity index (χ1) is 9.10. The highest BCUT2D eigenvalue weighted by Crippen LogP contribution is 2.18. The number of carbonyl (C=O) groups excluding carboxylic acids is 1. The van der Waals surface area contributed by atoms with Gasteiger partial charge in [0.05, 0.1) is 5.56 Å². The van der Waals surface area contributed by atoms with Crippen LogP contribution in [0.15, 0.2) is 22.7 Å². The van der Waals surface area contributed by atoms with E-state index in [0.29, 0.717) is 11.4 Å². The Balaban J connectivity index is 2.23. The number of nitrogens with zero attached hydrogens (tertiary/aromatic N) is 2. The molecule has 0 radical (unpaired) electrons.